The van der Waals surface area contributed by atoms with Crippen molar-refractivity contribution in [3.05, 3.63) is 0 Å². The van der Waals surface area contributed by atoms with Gasteiger partial charge in [-0.05, 0) is 13.8 Å². The van der Waals surface area contributed by atoms with E-state index in [9.17, 15) is 9.59 Å². The van der Waals surface area contributed by atoms with Crippen molar-refractivity contribution in [1.29, 1.82) is 0 Å². The number of ether oxygens (including phenoxy) is 1. The predicted molar refractivity (Wildman–Crippen MR) is 37.9 cm³/mol. The van der Waals surface area contributed by atoms with Crippen molar-refractivity contribution in [1.82, 2.24) is 0 Å². The SMILES string of the molecule is CCOC(=O)CC(C)=O.NO. The molecule has 0 saturated carbocycles. The van der Waals surface area contributed by atoms with Gasteiger partial charge in [0, 0.05) is 0 Å². The Hall–Kier alpha value is -0.940. The van der Waals surface area contributed by atoms with Crippen molar-refractivity contribution in [3.8, 4) is 0 Å². The number of hydrogen-bond acceptors (Lipinski definition) is 5. The summed E-state index contributed by atoms with van der Waals surface area (Å²) in [5.41, 5.74) is 0. The van der Waals surface area contributed by atoms with Crippen molar-refractivity contribution in [2.24, 2.45) is 5.90 Å². The Morgan fingerprint density at radius 1 is 1.45 bits per heavy atom. The van der Waals surface area contributed by atoms with E-state index in [1.165, 1.54) is 6.92 Å². The minimum atomic E-state index is -0.440. The lowest BCUT2D eigenvalue weighted by Gasteiger charge is -1.96. The number of carbonyl (C=O) groups is 2. The maximum absolute atomic E-state index is 10.4. The lowest BCUT2D eigenvalue weighted by atomic mass is 10.3. The molecule has 0 heterocycles. The number of carbonyl (C=O) groups excluding carboxylic acids is 2. The summed E-state index contributed by atoms with van der Waals surface area (Å²) in [6.07, 6.45) is -0.103. The van der Waals surface area contributed by atoms with E-state index in [-0.39, 0.29) is 12.2 Å². The molecule has 0 aliphatic carbocycles. The van der Waals surface area contributed by atoms with Crippen molar-refractivity contribution in [3.63, 3.8) is 0 Å². The highest BCUT2D eigenvalue weighted by molar-refractivity contribution is 5.94. The molecule has 0 amide bonds. The number of esters is 1. The molecule has 0 aliphatic heterocycles. The molecule has 5 heteroatoms. The zero-order valence-electron chi connectivity index (χ0n) is 6.66. The Morgan fingerprint density at radius 3 is 2.18 bits per heavy atom. The fourth-order valence-corrected chi connectivity index (χ4v) is 0.415. The zero-order chi connectivity index (χ0) is 9.28. The summed E-state index contributed by atoms with van der Waals surface area (Å²) in [5.74, 6) is 2.90. The van der Waals surface area contributed by atoms with Crippen LogP contribution in [0, 0.1) is 0 Å². The van der Waals surface area contributed by atoms with E-state index in [1.54, 1.807) is 6.92 Å². The van der Waals surface area contributed by atoms with Crippen LogP contribution in [0.25, 0.3) is 0 Å². The van der Waals surface area contributed by atoms with E-state index in [0.717, 1.165) is 0 Å². The number of nitrogens with two attached hydrogens (primary N) is 1. The van der Waals surface area contributed by atoms with Crippen LogP contribution in [0.4, 0.5) is 0 Å². The molecule has 0 radical (unpaired) electrons. The maximum atomic E-state index is 10.4. The average Bonchev–Trinajstić information content (AvgIpc) is 1.91. The Labute approximate surface area is 65.1 Å². The second-order valence-corrected chi connectivity index (χ2v) is 1.68. The van der Waals surface area contributed by atoms with E-state index < -0.39 is 5.97 Å². The molecule has 0 aliphatic rings. The van der Waals surface area contributed by atoms with Crippen LogP contribution in [0.1, 0.15) is 20.3 Å². The standard InChI is InChI=1S/C6H10O3.H3NO/c1-3-9-6(8)4-5(2)7;1-2/h3-4H2,1-2H3;2H,1H2. The Bertz CT molecular complexity index is 124. The maximum Gasteiger partial charge on any atom is 0.313 e. The highest BCUT2D eigenvalue weighted by Gasteiger charge is 2.03. The molecule has 0 fully saturated rings. The molecule has 0 unspecified atom stereocenters. The van der Waals surface area contributed by atoms with Gasteiger partial charge in [-0.3, -0.25) is 9.59 Å². The van der Waals surface area contributed by atoms with Crippen LogP contribution < -0.4 is 5.90 Å². The summed E-state index contributed by atoms with van der Waals surface area (Å²) >= 11 is 0. The molecule has 0 spiro atoms. The number of Topliss-reactive ketones (excluding diaryl/α,β-unsaturated/α-hetero) is 1. The van der Waals surface area contributed by atoms with E-state index in [0.29, 0.717) is 6.61 Å². The van der Waals surface area contributed by atoms with Crippen molar-refractivity contribution in [2.75, 3.05) is 6.61 Å². The molecule has 3 N–H and O–H groups in total. The van der Waals surface area contributed by atoms with Crippen LogP contribution in [0.5, 0.6) is 0 Å². The van der Waals surface area contributed by atoms with E-state index in [2.05, 4.69) is 10.6 Å². The van der Waals surface area contributed by atoms with Crippen molar-refractivity contribution >= 4 is 11.8 Å². The Balaban J connectivity index is 0. The van der Waals surface area contributed by atoms with Gasteiger partial charge < -0.3 is 9.94 Å². The summed E-state index contributed by atoms with van der Waals surface area (Å²) in [4.78, 5) is 20.6. The van der Waals surface area contributed by atoms with Gasteiger partial charge in [0.2, 0.25) is 0 Å². The first-order valence-electron chi connectivity index (χ1n) is 3.07. The van der Waals surface area contributed by atoms with Crippen LogP contribution in [0.2, 0.25) is 0 Å². The van der Waals surface area contributed by atoms with Gasteiger partial charge >= 0.3 is 5.97 Å². The third-order valence-corrected chi connectivity index (χ3v) is 0.699. The molecule has 11 heavy (non-hydrogen) atoms. The number of ketones is 1. The normalized spacial score (nSPS) is 7.64. The monoisotopic (exact) mass is 163 g/mol. The van der Waals surface area contributed by atoms with E-state index in [1.807, 2.05) is 0 Å². The summed E-state index contributed by atoms with van der Waals surface area (Å²) in [5, 5.41) is 6.50. The highest BCUT2D eigenvalue weighted by Crippen LogP contribution is 1.86. The second-order valence-electron chi connectivity index (χ2n) is 1.68. The summed E-state index contributed by atoms with van der Waals surface area (Å²) in [6.45, 7) is 3.40. The molecule has 0 aromatic heterocycles. The van der Waals surface area contributed by atoms with E-state index in [4.69, 9.17) is 5.21 Å². The molecule has 0 rings (SSSR count). The molecule has 66 valence electrons. The Morgan fingerprint density at radius 2 is 1.91 bits per heavy atom. The fraction of sp³-hybridized carbons (Fsp3) is 0.667. The summed E-state index contributed by atoms with van der Waals surface area (Å²) in [6, 6.07) is 0. The minimum Gasteiger partial charge on any atom is -0.466 e. The van der Waals surface area contributed by atoms with Gasteiger partial charge in [-0.15, -0.1) is 0 Å². The summed E-state index contributed by atoms with van der Waals surface area (Å²) in [7, 11) is 0. The molecule has 0 saturated heterocycles. The van der Waals surface area contributed by atoms with Crippen molar-refractivity contribution < 1.29 is 19.5 Å². The van der Waals surface area contributed by atoms with Gasteiger partial charge in [0.1, 0.15) is 12.2 Å². The first-order valence-corrected chi connectivity index (χ1v) is 3.07. The zero-order valence-corrected chi connectivity index (χ0v) is 6.66. The third-order valence-electron chi connectivity index (χ3n) is 0.699. The average molecular weight is 163 g/mol. The largest absolute Gasteiger partial charge is 0.466 e. The topological polar surface area (TPSA) is 89.6 Å². The predicted octanol–water partition coefficient (Wildman–Crippen LogP) is -0.137. The quantitative estimate of drug-likeness (QED) is 0.343. The van der Waals surface area contributed by atoms with Crippen molar-refractivity contribution in [2.45, 2.75) is 20.3 Å². The highest BCUT2D eigenvalue weighted by atomic mass is 16.5. The molecule has 0 atom stereocenters. The van der Waals surface area contributed by atoms with Gasteiger partial charge in [0.25, 0.3) is 0 Å². The molecular formula is C6H13NO4. The molecule has 0 aromatic rings. The van der Waals surface area contributed by atoms with Crippen LogP contribution >= 0.6 is 0 Å². The summed E-state index contributed by atoms with van der Waals surface area (Å²) < 4.78 is 4.49. The lowest BCUT2D eigenvalue weighted by molar-refractivity contribution is -0.145. The minimum absolute atomic E-state index is 0.103. The molecule has 0 aromatic carbocycles. The molecule has 0 bridgehead atoms. The first kappa shape index (κ1) is 12.7. The first-order chi connectivity index (χ1) is 5.16. The lowest BCUT2D eigenvalue weighted by Crippen LogP contribution is -2.07. The van der Waals surface area contributed by atoms with Gasteiger partial charge in [0.05, 0.1) is 6.61 Å². The number of hydrogen-bond donors (Lipinski definition) is 2. The second kappa shape index (κ2) is 9.06. The van der Waals surface area contributed by atoms with Gasteiger partial charge in [-0.1, -0.05) is 0 Å². The Kier molecular flexibility index (Phi) is 10.5. The smallest absolute Gasteiger partial charge is 0.313 e. The van der Waals surface area contributed by atoms with Crippen LogP contribution in [0.3, 0.4) is 0 Å². The molecular weight excluding hydrogens is 150 g/mol. The third kappa shape index (κ3) is 12.3. The van der Waals surface area contributed by atoms with E-state index >= 15 is 0 Å². The molecule has 5 nitrogen and oxygen atoms in total. The van der Waals surface area contributed by atoms with Crippen LogP contribution in [-0.2, 0) is 14.3 Å². The van der Waals surface area contributed by atoms with Crippen LogP contribution in [0.15, 0.2) is 0 Å². The van der Waals surface area contributed by atoms with Gasteiger partial charge in [-0.2, -0.15) is 0 Å². The number of rotatable bonds is 3. The van der Waals surface area contributed by atoms with Crippen LogP contribution in [-0.4, -0.2) is 23.6 Å². The fourth-order valence-electron chi connectivity index (χ4n) is 0.415. The van der Waals surface area contributed by atoms with Gasteiger partial charge in [-0.25, -0.2) is 5.90 Å². The van der Waals surface area contributed by atoms with Gasteiger partial charge in [0.15, 0.2) is 0 Å².